The van der Waals surface area contributed by atoms with Gasteiger partial charge in [0.15, 0.2) is 26.9 Å². The molecule has 0 aliphatic carbocycles. The van der Waals surface area contributed by atoms with Crippen LogP contribution in [0.1, 0.15) is 19.4 Å². The second-order valence-electron chi connectivity index (χ2n) is 9.29. The van der Waals surface area contributed by atoms with E-state index < -0.39 is 46.2 Å². The molecule has 4 aromatic carbocycles. The van der Waals surface area contributed by atoms with Gasteiger partial charge in [-0.2, -0.15) is 13.2 Å². The molecule has 0 heterocycles. The topological polar surface area (TPSA) is 35.5 Å². The Morgan fingerprint density at radius 3 is 2.00 bits per heavy atom. The van der Waals surface area contributed by atoms with Crippen molar-refractivity contribution in [3.63, 3.8) is 0 Å². The Kier molecular flexibility index (Phi) is 9.86. The lowest BCUT2D eigenvalue weighted by Gasteiger charge is -2.19. The third-order valence-corrected chi connectivity index (χ3v) is 8.37. The Morgan fingerprint density at radius 2 is 1.40 bits per heavy atom. The van der Waals surface area contributed by atoms with Gasteiger partial charge in [-0.3, -0.25) is 0 Å². The van der Waals surface area contributed by atoms with Crippen molar-refractivity contribution < 1.29 is 36.2 Å². The van der Waals surface area contributed by atoms with Crippen LogP contribution in [0.5, 0.6) is 5.75 Å². The molecular weight excluding hydrogens is 591 g/mol. The van der Waals surface area contributed by atoms with E-state index in [1.165, 1.54) is 36.4 Å². The molecule has 0 aliphatic rings. The van der Waals surface area contributed by atoms with E-state index in [-0.39, 0.29) is 16.7 Å². The first-order chi connectivity index (χ1) is 19.9. The van der Waals surface area contributed by atoms with Crippen LogP contribution >= 0.6 is 11.8 Å². The van der Waals surface area contributed by atoms with Crippen LogP contribution in [0.2, 0.25) is 0 Å². The molecule has 0 bridgehead atoms. The van der Waals surface area contributed by atoms with Crippen molar-refractivity contribution in [1.82, 2.24) is 0 Å². The fourth-order valence-electron chi connectivity index (χ4n) is 3.73. The van der Waals surface area contributed by atoms with Crippen molar-refractivity contribution >= 4 is 28.6 Å². The average Bonchev–Trinajstić information content (AvgIpc) is 2.91. The number of halogens is 5. The highest BCUT2D eigenvalue weighted by Crippen LogP contribution is 2.37. The van der Waals surface area contributed by atoms with Crippen LogP contribution in [0.25, 0.3) is 0 Å². The number of thioether (sulfide) groups is 1. The van der Waals surface area contributed by atoms with Crippen LogP contribution in [0.15, 0.2) is 117 Å². The summed E-state index contributed by atoms with van der Waals surface area (Å²) in [5.41, 5.74) is -5.09. The molecule has 0 amide bonds. The van der Waals surface area contributed by atoms with Gasteiger partial charge in [0.2, 0.25) is 0 Å². The lowest BCUT2D eigenvalue weighted by molar-refractivity contribution is -0.154. The smallest absolute Gasteiger partial charge is 0.446 e. The highest BCUT2D eigenvalue weighted by molar-refractivity contribution is 8.00. The molecule has 0 aliphatic heterocycles. The van der Waals surface area contributed by atoms with E-state index in [1.54, 1.807) is 38.1 Å². The van der Waals surface area contributed by atoms with Crippen LogP contribution in [-0.4, -0.2) is 23.7 Å². The minimum Gasteiger partial charge on any atom is -0.482 e. The normalized spacial score (nSPS) is 12.2. The van der Waals surface area contributed by atoms with Gasteiger partial charge in [-0.1, -0.05) is 30.0 Å². The first kappa shape index (κ1) is 31.0. The fourth-order valence-corrected chi connectivity index (χ4v) is 6.38. The SMILES string of the molecule is CC(C)(C#Cc1ccc(SC(F)(F)F)cc1)OC(=O)COc1ccc([S+](c2ccccc2)c2cc(F)cc(F)c2)cc1. The Bertz CT molecular complexity index is 1560. The minimum atomic E-state index is -4.37. The van der Waals surface area contributed by atoms with Gasteiger partial charge in [0.25, 0.3) is 0 Å². The van der Waals surface area contributed by atoms with Gasteiger partial charge < -0.3 is 9.47 Å². The first-order valence-electron chi connectivity index (χ1n) is 12.5. The van der Waals surface area contributed by atoms with Crippen LogP contribution in [-0.2, 0) is 20.4 Å². The summed E-state index contributed by atoms with van der Waals surface area (Å²) in [5, 5.41) is 0. The van der Waals surface area contributed by atoms with Gasteiger partial charge >= 0.3 is 11.5 Å². The maximum atomic E-state index is 14.0. The molecule has 1 atom stereocenters. The highest BCUT2D eigenvalue weighted by Gasteiger charge is 2.30. The maximum Gasteiger partial charge on any atom is 0.446 e. The lowest BCUT2D eigenvalue weighted by Crippen LogP contribution is -2.29. The number of hydrogen-bond donors (Lipinski definition) is 0. The highest BCUT2D eigenvalue weighted by atomic mass is 32.2. The minimum absolute atomic E-state index is 0.0443. The summed E-state index contributed by atoms with van der Waals surface area (Å²) in [6.07, 6.45) is 0. The monoisotopic (exact) mass is 615 g/mol. The average molecular weight is 616 g/mol. The summed E-state index contributed by atoms with van der Waals surface area (Å²) >= 11 is -0.212. The van der Waals surface area contributed by atoms with Gasteiger partial charge in [0.1, 0.15) is 17.4 Å². The molecule has 0 saturated heterocycles. The molecule has 3 nitrogen and oxygen atoms in total. The number of alkyl halides is 3. The summed E-state index contributed by atoms with van der Waals surface area (Å²) in [5.74, 6) is 3.99. The van der Waals surface area contributed by atoms with E-state index >= 15 is 0 Å². The Labute approximate surface area is 247 Å². The Morgan fingerprint density at radius 1 is 0.810 bits per heavy atom. The molecule has 0 spiro atoms. The molecule has 1 unspecified atom stereocenters. The number of ether oxygens (including phenoxy) is 2. The van der Waals surface area contributed by atoms with E-state index in [0.29, 0.717) is 16.2 Å². The lowest BCUT2D eigenvalue weighted by atomic mass is 10.1. The van der Waals surface area contributed by atoms with Crippen molar-refractivity contribution in [2.24, 2.45) is 0 Å². The molecule has 216 valence electrons. The van der Waals surface area contributed by atoms with E-state index in [4.69, 9.17) is 9.47 Å². The van der Waals surface area contributed by atoms with Crippen molar-refractivity contribution in [1.29, 1.82) is 0 Å². The number of hydrogen-bond acceptors (Lipinski definition) is 4. The first-order valence-corrected chi connectivity index (χ1v) is 14.5. The summed E-state index contributed by atoms with van der Waals surface area (Å²) in [6, 6.07) is 25.2. The largest absolute Gasteiger partial charge is 0.482 e. The van der Waals surface area contributed by atoms with Crippen molar-refractivity contribution in [3.05, 3.63) is 114 Å². The molecular formula is C32H24F5O3S2+. The van der Waals surface area contributed by atoms with Gasteiger partial charge in [0, 0.05) is 28.7 Å². The van der Waals surface area contributed by atoms with E-state index in [0.717, 1.165) is 15.9 Å². The molecule has 4 rings (SSSR count). The molecule has 0 radical (unpaired) electrons. The van der Waals surface area contributed by atoms with Crippen molar-refractivity contribution in [2.45, 2.75) is 44.5 Å². The summed E-state index contributed by atoms with van der Waals surface area (Å²) in [6.45, 7) is 2.77. The van der Waals surface area contributed by atoms with Gasteiger partial charge in [-0.25, -0.2) is 13.6 Å². The predicted octanol–water partition coefficient (Wildman–Crippen LogP) is 8.42. The zero-order valence-corrected chi connectivity index (χ0v) is 24.0. The third-order valence-electron chi connectivity index (χ3n) is 5.43. The van der Waals surface area contributed by atoms with E-state index in [9.17, 15) is 26.7 Å². The quantitative estimate of drug-likeness (QED) is 0.0656. The maximum absolute atomic E-state index is 14.0. The van der Waals surface area contributed by atoms with E-state index in [1.807, 2.05) is 30.3 Å². The Hall–Kier alpha value is -3.94. The number of benzene rings is 4. The second kappa shape index (κ2) is 13.4. The molecule has 0 saturated carbocycles. The molecule has 10 heteroatoms. The number of esters is 1. The fraction of sp³-hybridized carbons (Fsp3) is 0.156. The van der Waals surface area contributed by atoms with Crippen molar-refractivity contribution in [2.75, 3.05) is 6.61 Å². The molecule has 0 fully saturated rings. The molecule has 0 N–H and O–H groups in total. The Balaban J connectivity index is 1.38. The third kappa shape index (κ3) is 9.29. The number of carbonyl (C=O) groups is 1. The van der Waals surface area contributed by atoms with Crippen LogP contribution in [0.4, 0.5) is 22.0 Å². The number of carbonyl (C=O) groups excluding carboxylic acids is 1. The van der Waals surface area contributed by atoms with Gasteiger partial charge in [-0.15, -0.1) is 0 Å². The zero-order chi connectivity index (χ0) is 30.3. The van der Waals surface area contributed by atoms with Crippen LogP contribution in [0, 0.1) is 23.5 Å². The zero-order valence-electron chi connectivity index (χ0n) is 22.4. The van der Waals surface area contributed by atoms with Crippen molar-refractivity contribution in [3.8, 4) is 17.6 Å². The summed E-state index contributed by atoms with van der Waals surface area (Å²) in [7, 11) is -0.787. The van der Waals surface area contributed by atoms with Crippen LogP contribution < -0.4 is 4.74 Å². The number of rotatable bonds is 8. The standard InChI is InChI=1S/C32H24F5O3S2/c1-31(2,17-16-22-8-12-26(13-9-22)41-32(35,36)37)40-30(38)21-39-25-10-14-28(15-11-25)42(27-6-4-3-5-7-27)29-19-23(33)18-24(34)20-29/h3-15,18-20H,21H2,1-2H3/q+1. The van der Waals surface area contributed by atoms with Gasteiger partial charge in [-0.05, 0) is 86.3 Å². The second-order valence-corrected chi connectivity index (χ2v) is 12.5. The summed E-state index contributed by atoms with van der Waals surface area (Å²) < 4.78 is 76.5. The van der Waals surface area contributed by atoms with Crippen LogP contribution in [0.3, 0.4) is 0 Å². The molecule has 4 aromatic rings. The van der Waals surface area contributed by atoms with E-state index in [2.05, 4.69) is 11.8 Å². The van der Waals surface area contributed by atoms with Gasteiger partial charge in [0.05, 0.1) is 10.9 Å². The predicted molar refractivity (Wildman–Crippen MR) is 152 cm³/mol. The summed E-state index contributed by atoms with van der Waals surface area (Å²) in [4.78, 5) is 14.6. The molecule has 42 heavy (non-hydrogen) atoms. The molecule has 0 aromatic heterocycles.